The van der Waals surface area contributed by atoms with Crippen LogP contribution in [-0.4, -0.2) is 25.8 Å². The molecule has 0 spiro atoms. The molecule has 17 heavy (non-hydrogen) atoms. The average Bonchev–Trinajstić information content (AvgIpc) is 3.16. The smallest absolute Gasteiger partial charge is 0.0756 e. The van der Waals surface area contributed by atoms with Gasteiger partial charge < -0.3 is 15.8 Å². The summed E-state index contributed by atoms with van der Waals surface area (Å²) in [6.07, 6.45) is 2.48. The third-order valence-corrected chi connectivity index (χ3v) is 3.89. The highest BCUT2D eigenvalue weighted by atomic mass is 79.9. The Morgan fingerprint density at radius 2 is 2.06 bits per heavy atom. The van der Waals surface area contributed by atoms with Crippen molar-refractivity contribution in [2.75, 3.05) is 25.6 Å². The fraction of sp³-hybridized carbons (Fsp3) is 0.538. The molecule has 0 amide bonds. The fourth-order valence-electron chi connectivity index (χ4n) is 2.25. The van der Waals surface area contributed by atoms with Crippen LogP contribution in [0.25, 0.3) is 0 Å². The molecule has 1 atom stereocenters. The molecule has 2 rings (SSSR count). The summed E-state index contributed by atoms with van der Waals surface area (Å²) in [6, 6.07) is 8.19. The number of hydrogen-bond acceptors (Lipinski definition) is 3. The number of nitrogens with one attached hydrogen (secondary N) is 1. The van der Waals surface area contributed by atoms with Crippen molar-refractivity contribution < 1.29 is 4.74 Å². The molecule has 4 heteroatoms. The second-order valence-corrected chi connectivity index (χ2v) is 5.62. The lowest BCUT2D eigenvalue weighted by Crippen LogP contribution is -2.51. The number of benzene rings is 1. The molecule has 0 bridgehead atoms. The first-order valence-corrected chi connectivity index (χ1v) is 6.72. The summed E-state index contributed by atoms with van der Waals surface area (Å²) in [5, 5.41) is 3.56. The number of anilines is 1. The second kappa shape index (κ2) is 5.38. The van der Waals surface area contributed by atoms with Crippen LogP contribution in [0.1, 0.15) is 12.8 Å². The van der Waals surface area contributed by atoms with Gasteiger partial charge in [-0.2, -0.15) is 0 Å². The van der Waals surface area contributed by atoms with Gasteiger partial charge in [0.2, 0.25) is 0 Å². The Morgan fingerprint density at radius 3 is 2.53 bits per heavy atom. The third-order valence-electron chi connectivity index (χ3n) is 3.36. The lowest BCUT2D eigenvalue weighted by molar-refractivity contribution is 0.134. The Kier molecular flexibility index (Phi) is 4.07. The minimum absolute atomic E-state index is 0.109. The molecule has 0 heterocycles. The Hall–Kier alpha value is -0.580. The van der Waals surface area contributed by atoms with Gasteiger partial charge in [0, 0.05) is 23.8 Å². The predicted octanol–water partition coefficient (Wildman–Crippen LogP) is 2.61. The highest BCUT2D eigenvalue weighted by Crippen LogP contribution is 2.41. The van der Waals surface area contributed by atoms with Crippen LogP contribution in [0.5, 0.6) is 0 Å². The van der Waals surface area contributed by atoms with Gasteiger partial charge in [0.1, 0.15) is 0 Å². The molecular weight excluding hydrogens is 280 g/mol. The summed E-state index contributed by atoms with van der Waals surface area (Å²) in [4.78, 5) is 0. The second-order valence-electron chi connectivity index (χ2n) is 4.70. The first-order chi connectivity index (χ1) is 8.20. The van der Waals surface area contributed by atoms with Gasteiger partial charge in [-0.1, -0.05) is 15.9 Å². The first kappa shape index (κ1) is 12.9. The van der Waals surface area contributed by atoms with Crippen LogP contribution in [-0.2, 0) is 4.74 Å². The van der Waals surface area contributed by atoms with E-state index in [4.69, 9.17) is 10.5 Å². The summed E-state index contributed by atoms with van der Waals surface area (Å²) < 4.78 is 6.43. The standard InChI is InChI=1S/C13H19BrN2O/c1-17-9-13(8-15,10-2-3-10)16-12-6-4-11(14)5-7-12/h4-7,10,16H,2-3,8-9,15H2,1H3. The number of ether oxygens (including phenoxy) is 1. The number of methoxy groups -OCH3 is 1. The third kappa shape index (κ3) is 3.00. The SMILES string of the molecule is COCC(CN)(Nc1ccc(Br)cc1)C1CC1. The maximum atomic E-state index is 5.96. The highest BCUT2D eigenvalue weighted by Gasteiger charge is 2.44. The topological polar surface area (TPSA) is 47.3 Å². The molecule has 1 aliphatic carbocycles. The Bertz CT molecular complexity index is 364. The fourth-order valence-corrected chi connectivity index (χ4v) is 2.51. The molecule has 0 radical (unpaired) electrons. The Morgan fingerprint density at radius 1 is 1.41 bits per heavy atom. The molecule has 1 fully saturated rings. The van der Waals surface area contributed by atoms with Gasteiger partial charge in [0.15, 0.2) is 0 Å². The van der Waals surface area contributed by atoms with E-state index in [1.165, 1.54) is 12.8 Å². The van der Waals surface area contributed by atoms with Crippen LogP contribution in [0.4, 0.5) is 5.69 Å². The molecular formula is C13H19BrN2O. The zero-order chi connectivity index (χ0) is 12.3. The maximum Gasteiger partial charge on any atom is 0.0756 e. The predicted molar refractivity (Wildman–Crippen MR) is 74.2 cm³/mol. The number of rotatable bonds is 6. The van der Waals surface area contributed by atoms with Gasteiger partial charge in [-0.15, -0.1) is 0 Å². The van der Waals surface area contributed by atoms with Crippen LogP contribution in [0.15, 0.2) is 28.7 Å². The molecule has 0 aliphatic heterocycles. The van der Waals surface area contributed by atoms with Gasteiger partial charge in [0.25, 0.3) is 0 Å². The molecule has 1 aromatic carbocycles. The van der Waals surface area contributed by atoms with Crippen LogP contribution in [0.3, 0.4) is 0 Å². The van der Waals surface area contributed by atoms with Crippen LogP contribution in [0.2, 0.25) is 0 Å². The van der Waals surface area contributed by atoms with E-state index in [0.717, 1.165) is 10.2 Å². The summed E-state index contributed by atoms with van der Waals surface area (Å²) in [5.41, 5.74) is 6.95. The number of hydrogen-bond donors (Lipinski definition) is 2. The Labute approximate surface area is 111 Å². The van der Waals surface area contributed by atoms with Crippen molar-refractivity contribution in [3.63, 3.8) is 0 Å². The quantitative estimate of drug-likeness (QED) is 0.849. The first-order valence-electron chi connectivity index (χ1n) is 5.93. The van der Waals surface area contributed by atoms with Crippen LogP contribution < -0.4 is 11.1 Å². The summed E-state index contributed by atoms with van der Waals surface area (Å²) in [5.74, 6) is 0.635. The van der Waals surface area contributed by atoms with E-state index in [9.17, 15) is 0 Å². The number of nitrogens with two attached hydrogens (primary N) is 1. The molecule has 0 saturated heterocycles. The molecule has 3 nitrogen and oxygen atoms in total. The van der Waals surface area contributed by atoms with E-state index in [0.29, 0.717) is 19.1 Å². The summed E-state index contributed by atoms with van der Waals surface area (Å²) in [6.45, 7) is 1.26. The Balaban J connectivity index is 2.13. The van der Waals surface area contributed by atoms with E-state index >= 15 is 0 Å². The van der Waals surface area contributed by atoms with Gasteiger partial charge >= 0.3 is 0 Å². The van der Waals surface area contributed by atoms with Crippen molar-refractivity contribution in [1.82, 2.24) is 0 Å². The van der Waals surface area contributed by atoms with Crippen LogP contribution in [0, 0.1) is 5.92 Å². The zero-order valence-corrected chi connectivity index (χ0v) is 11.7. The van der Waals surface area contributed by atoms with Crippen molar-refractivity contribution >= 4 is 21.6 Å². The van der Waals surface area contributed by atoms with Gasteiger partial charge in [-0.25, -0.2) is 0 Å². The van der Waals surface area contributed by atoms with Crippen molar-refractivity contribution in [2.24, 2.45) is 11.7 Å². The van der Waals surface area contributed by atoms with Crippen molar-refractivity contribution in [3.05, 3.63) is 28.7 Å². The average molecular weight is 299 g/mol. The molecule has 3 N–H and O–H groups in total. The van der Waals surface area contributed by atoms with Crippen molar-refractivity contribution in [3.8, 4) is 0 Å². The van der Waals surface area contributed by atoms with E-state index in [1.807, 2.05) is 12.1 Å². The van der Waals surface area contributed by atoms with E-state index in [1.54, 1.807) is 7.11 Å². The zero-order valence-electron chi connectivity index (χ0n) is 10.1. The van der Waals surface area contributed by atoms with E-state index in [-0.39, 0.29) is 5.54 Å². The highest BCUT2D eigenvalue weighted by molar-refractivity contribution is 9.10. The minimum atomic E-state index is -0.109. The summed E-state index contributed by atoms with van der Waals surface area (Å²) >= 11 is 3.44. The molecule has 1 unspecified atom stereocenters. The summed E-state index contributed by atoms with van der Waals surface area (Å²) in [7, 11) is 1.73. The normalized spacial score (nSPS) is 18.8. The van der Waals surface area contributed by atoms with Gasteiger partial charge in [0.05, 0.1) is 12.1 Å². The molecule has 0 aromatic heterocycles. The van der Waals surface area contributed by atoms with Crippen molar-refractivity contribution in [1.29, 1.82) is 0 Å². The lowest BCUT2D eigenvalue weighted by atomic mass is 9.93. The molecule has 1 saturated carbocycles. The van der Waals surface area contributed by atoms with E-state index < -0.39 is 0 Å². The largest absolute Gasteiger partial charge is 0.382 e. The number of halogens is 1. The maximum absolute atomic E-state index is 5.96. The lowest BCUT2D eigenvalue weighted by Gasteiger charge is -2.34. The van der Waals surface area contributed by atoms with E-state index in [2.05, 4.69) is 33.4 Å². The van der Waals surface area contributed by atoms with Gasteiger partial charge in [-0.3, -0.25) is 0 Å². The minimum Gasteiger partial charge on any atom is -0.382 e. The molecule has 94 valence electrons. The van der Waals surface area contributed by atoms with Crippen LogP contribution >= 0.6 is 15.9 Å². The van der Waals surface area contributed by atoms with Gasteiger partial charge in [-0.05, 0) is 43.0 Å². The molecule has 1 aliphatic rings. The molecule has 1 aromatic rings. The van der Waals surface area contributed by atoms with Crippen molar-refractivity contribution in [2.45, 2.75) is 18.4 Å². The monoisotopic (exact) mass is 298 g/mol.